The zero-order valence-electron chi connectivity index (χ0n) is 14.0. The molecule has 1 aromatic rings. The topological polar surface area (TPSA) is 45.7 Å². The third-order valence-electron chi connectivity index (χ3n) is 3.06. The maximum atomic E-state index is 5.38. The summed E-state index contributed by atoms with van der Waals surface area (Å²) in [6.07, 6.45) is 4.53. The summed E-state index contributed by atoms with van der Waals surface area (Å²) in [4.78, 5) is 4.64. The highest BCUT2D eigenvalue weighted by Gasteiger charge is 2.04. The molecule has 2 N–H and O–H groups in total. The second-order valence-corrected chi connectivity index (χ2v) is 6.68. The van der Waals surface area contributed by atoms with Gasteiger partial charge in [0.15, 0.2) is 5.96 Å². The van der Waals surface area contributed by atoms with Crippen LogP contribution in [0.1, 0.15) is 25.3 Å². The molecule has 4 nitrogen and oxygen atoms in total. The van der Waals surface area contributed by atoms with Crippen molar-refractivity contribution < 1.29 is 4.74 Å². The number of hydrogen-bond donors (Lipinski definition) is 2. The molecule has 1 aromatic carbocycles. The first-order valence-electron chi connectivity index (χ1n) is 7.54. The van der Waals surface area contributed by atoms with Gasteiger partial charge in [-0.05, 0) is 50.0 Å². The van der Waals surface area contributed by atoms with E-state index < -0.39 is 0 Å². The van der Waals surface area contributed by atoms with E-state index in [0.29, 0.717) is 6.54 Å². The smallest absolute Gasteiger partial charge is 0.191 e. The summed E-state index contributed by atoms with van der Waals surface area (Å²) in [5.41, 5.74) is 1.07. The van der Waals surface area contributed by atoms with Gasteiger partial charge in [-0.15, -0.1) is 24.0 Å². The molecular formula is C16H27BrIN3OS. The van der Waals surface area contributed by atoms with Crippen LogP contribution in [0.4, 0.5) is 0 Å². The van der Waals surface area contributed by atoms with Crippen LogP contribution in [-0.2, 0) is 6.54 Å². The lowest BCUT2D eigenvalue weighted by molar-refractivity contribution is 0.409. The highest BCUT2D eigenvalue weighted by atomic mass is 127. The fourth-order valence-corrected chi connectivity index (χ4v) is 2.86. The van der Waals surface area contributed by atoms with E-state index in [1.165, 1.54) is 12.2 Å². The monoisotopic (exact) mass is 515 g/mol. The molecule has 0 atom stereocenters. The molecule has 0 amide bonds. The minimum Gasteiger partial charge on any atom is -0.496 e. The summed E-state index contributed by atoms with van der Waals surface area (Å²) in [5, 5.41) is 6.66. The van der Waals surface area contributed by atoms with Gasteiger partial charge in [0.1, 0.15) is 5.75 Å². The minimum absolute atomic E-state index is 0. The normalized spacial score (nSPS) is 10.9. The van der Waals surface area contributed by atoms with Gasteiger partial charge in [-0.25, -0.2) is 4.99 Å². The number of nitrogens with one attached hydrogen (secondary N) is 2. The molecule has 0 spiro atoms. The number of aliphatic imine (C=N–C) groups is 1. The lowest BCUT2D eigenvalue weighted by atomic mass is 10.2. The number of nitrogens with zero attached hydrogens (tertiary/aromatic N) is 1. The van der Waals surface area contributed by atoms with Crippen molar-refractivity contribution in [1.29, 1.82) is 0 Å². The van der Waals surface area contributed by atoms with E-state index in [2.05, 4.69) is 44.7 Å². The van der Waals surface area contributed by atoms with Crippen molar-refractivity contribution >= 4 is 57.6 Å². The number of ether oxygens (including phenoxy) is 1. The average Bonchev–Trinajstić information content (AvgIpc) is 2.52. The standard InChI is InChI=1S/C16H26BrN3OS.HI/c1-4-18-16(19-9-5-6-10-22-3)20-12-13-11-14(17)7-8-15(13)21-2;/h7-8,11H,4-6,9-10,12H2,1-3H3,(H2,18,19,20);1H. The van der Waals surface area contributed by atoms with Gasteiger partial charge in [-0.1, -0.05) is 15.9 Å². The summed E-state index contributed by atoms with van der Waals surface area (Å²) in [6.45, 7) is 4.46. The van der Waals surface area contributed by atoms with Crippen LogP contribution in [0.15, 0.2) is 27.7 Å². The summed E-state index contributed by atoms with van der Waals surface area (Å²) < 4.78 is 6.42. The maximum Gasteiger partial charge on any atom is 0.191 e. The van der Waals surface area contributed by atoms with Crippen LogP contribution in [0, 0.1) is 0 Å². The minimum atomic E-state index is 0. The number of rotatable bonds is 9. The van der Waals surface area contributed by atoms with Gasteiger partial charge >= 0.3 is 0 Å². The van der Waals surface area contributed by atoms with Crippen molar-refractivity contribution in [3.05, 3.63) is 28.2 Å². The summed E-state index contributed by atoms with van der Waals surface area (Å²) in [6, 6.07) is 5.98. The van der Waals surface area contributed by atoms with E-state index in [0.717, 1.165) is 41.3 Å². The lowest BCUT2D eigenvalue weighted by Crippen LogP contribution is -2.37. The van der Waals surface area contributed by atoms with Crippen LogP contribution < -0.4 is 15.4 Å². The molecule has 0 saturated heterocycles. The summed E-state index contributed by atoms with van der Waals surface area (Å²) in [7, 11) is 1.69. The first-order chi connectivity index (χ1) is 10.7. The lowest BCUT2D eigenvalue weighted by Gasteiger charge is -2.12. The molecule has 7 heteroatoms. The second-order valence-electron chi connectivity index (χ2n) is 4.78. The molecule has 0 fully saturated rings. The van der Waals surface area contributed by atoms with Crippen molar-refractivity contribution in [1.82, 2.24) is 10.6 Å². The van der Waals surface area contributed by atoms with Crippen LogP contribution in [0.25, 0.3) is 0 Å². The molecule has 0 saturated carbocycles. The summed E-state index contributed by atoms with van der Waals surface area (Å²) in [5.74, 6) is 2.93. The molecule has 0 aliphatic carbocycles. The SMILES string of the molecule is CCNC(=NCc1cc(Br)ccc1OC)NCCCCSC.I. The van der Waals surface area contributed by atoms with Gasteiger partial charge in [0.25, 0.3) is 0 Å². The molecular weight excluding hydrogens is 489 g/mol. The van der Waals surface area contributed by atoms with E-state index in [-0.39, 0.29) is 24.0 Å². The first-order valence-corrected chi connectivity index (χ1v) is 9.73. The largest absolute Gasteiger partial charge is 0.496 e. The third kappa shape index (κ3) is 9.66. The van der Waals surface area contributed by atoms with Gasteiger partial charge in [-0.2, -0.15) is 11.8 Å². The fraction of sp³-hybridized carbons (Fsp3) is 0.562. The maximum absolute atomic E-state index is 5.38. The molecule has 0 radical (unpaired) electrons. The van der Waals surface area contributed by atoms with Crippen LogP contribution >= 0.6 is 51.7 Å². The number of hydrogen-bond acceptors (Lipinski definition) is 3. The Morgan fingerprint density at radius 2 is 2.09 bits per heavy atom. The van der Waals surface area contributed by atoms with Crippen molar-refractivity contribution in [2.75, 3.05) is 32.2 Å². The van der Waals surface area contributed by atoms with Crippen molar-refractivity contribution in [3.8, 4) is 5.75 Å². The molecule has 0 unspecified atom stereocenters. The van der Waals surface area contributed by atoms with Crippen LogP contribution in [0.5, 0.6) is 5.75 Å². The number of guanidine groups is 1. The molecule has 1 rings (SSSR count). The number of benzene rings is 1. The predicted molar refractivity (Wildman–Crippen MR) is 117 cm³/mol. The highest BCUT2D eigenvalue weighted by Crippen LogP contribution is 2.23. The Kier molecular flexibility index (Phi) is 14.1. The van der Waals surface area contributed by atoms with Gasteiger partial charge in [-0.3, -0.25) is 0 Å². The molecule has 0 heterocycles. The molecule has 23 heavy (non-hydrogen) atoms. The van der Waals surface area contributed by atoms with Gasteiger partial charge in [0.2, 0.25) is 0 Å². The Morgan fingerprint density at radius 3 is 2.74 bits per heavy atom. The zero-order chi connectivity index (χ0) is 16.2. The van der Waals surface area contributed by atoms with Crippen molar-refractivity contribution in [2.45, 2.75) is 26.3 Å². The molecule has 132 valence electrons. The Balaban J connectivity index is 0.00000484. The molecule has 0 aromatic heterocycles. The Bertz CT molecular complexity index is 475. The molecule has 0 aliphatic rings. The van der Waals surface area contributed by atoms with E-state index in [1.54, 1.807) is 7.11 Å². The number of thioether (sulfide) groups is 1. The Morgan fingerprint density at radius 1 is 1.30 bits per heavy atom. The van der Waals surface area contributed by atoms with E-state index >= 15 is 0 Å². The fourth-order valence-electron chi connectivity index (χ4n) is 1.95. The number of halogens is 2. The first kappa shape index (κ1) is 22.9. The zero-order valence-corrected chi connectivity index (χ0v) is 18.8. The quantitative estimate of drug-likeness (QED) is 0.223. The van der Waals surface area contributed by atoms with Crippen molar-refractivity contribution in [3.63, 3.8) is 0 Å². The number of unbranched alkanes of at least 4 members (excludes halogenated alkanes) is 1. The van der Waals surface area contributed by atoms with Crippen LogP contribution in [0.2, 0.25) is 0 Å². The predicted octanol–water partition coefficient (Wildman–Crippen LogP) is 4.27. The van der Waals surface area contributed by atoms with E-state index in [9.17, 15) is 0 Å². The molecule has 0 bridgehead atoms. The van der Waals surface area contributed by atoms with Crippen LogP contribution in [0.3, 0.4) is 0 Å². The number of methoxy groups -OCH3 is 1. The second kappa shape index (κ2) is 14.2. The highest BCUT2D eigenvalue weighted by molar-refractivity contribution is 14.0. The van der Waals surface area contributed by atoms with Crippen molar-refractivity contribution in [2.24, 2.45) is 4.99 Å². The van der Waals surface area contributed by atoms with Gasteiger partial charge < -0.3 is 15.4 Å². The third-order valence-corrected chi connectivity index (χ3v) is 4.25. The Hall–Kier alpha value is -0.150. The summed E-state index contributed by atoms with van der Waals surface area (Å²) >= 11 is 5.38. The van der Waals surface area contributed by atoms with Gasteiger partial charge in [0, 0.05) is 23.1 Å². The van der Waals surface area contributed by atoms with Crippen LogP contribution in [-0.4, -0.2) is 38.2 Å². The average molecular weight is 516 g/mol. The Labute approximate surface area is 169 Å². The molecule has 0 aliphatic heterocycles. The van der Waals surface area contributed by atoms with Gasteiger partial charge in [0.05, 0.1) is 13.7 Å². The van der Waals surface area contributed by atoms with E-state index in [4.69, 9.17) is 4.74 Å². The van der Waals surface area contributed by atoms with E-state index in [1.807, 2.05) is 30.0 Å².